The predicted molar refractivity (Wildman–Crippen MR) is 69.0 cm³/mol. The van der Waals surface area contributed by atoms with E-state index in [0.29, 0.717) is 12.6 Å². The Hall–Kier alpha value is -1.62. The SMILES string of the molecule is NCc1cn(Cc2ccn(C3CCCC3)n2)cn1. The Labute approximate surface area is 107 Å². The zero-order chi connectivity index (χ0) is 12.4. The van der Waals surface area contributed by atoms with Crippen LogP contribution in [0.1, 0.15) is 43.1 Å². The zero-order valence-electron chi connectivity index (χ0n) is 10.5. The lowest BCUT2D eigenvalue weighted by molar-refractivity contribution is 0.461. The van der Waals surface area contributed by atoms with Crippen LogP contribution in [0.25, 0.3) is 0 Å². The number of imidazole rings is 1. The minimum absolute atomic E-state index is 0.490. The smallest absolute Gasteiger partial charge is 0.0953 e. The molecule has 0 spiro atoms. The summed E-state index contributed by atoms with van der Waals surface area (Å²) in [6.45, 7) is 1.26. The summed E-state index contributed by atoms with van der Waals surface area (Å²) >= 11 is 0. The van der Waals surface area contributed by atoms with Gasteiger partial charge in [-0.3, -0.25) is 4.68 Å². The predicted octanol–water partition coefficient (Wildman–Crippen LogP) is 1.70. The van der Waals surface area contributed by atoms with E-state index in [9.17, 15) is 0 Å². The highest BCUT2D eigenvalue weighted by atomic mass is 15.3. The highest BCUT2D eigenvalue weighted by Gasteiger charge is 2.17. The number of rotatable bonds is 4. The van der Waals surface area contributed by atoms with Gasteiger partial charge >= 0.3 is 0 Å². The monoisotopic (exact) mass is 245 g/mol. The summed E-state index contributed by atoms with van der Waals surface area (Å²) in [5.41, 5.74) is 7.56. The van der Waals surface area contributed by atoms with E-state index >= 15 is 0 Å². The van der Waals surface area contributed by atoms with Crippen molar-refractivity contribution < 1.29 is 0 Å². The van der Waals surface area contributed by atoms with Crippen molar-refractivity contribution in [1.82, 2.24) is 19.3 Å². The third-order valence-electron chi connectivity index (χ3n) is 3.60. The van der Waals surface area contributed by atoms with Crippen LogP contribution in [0.5, 0.6) is 0 Å². The largest absolute Gasteiger partial charge is 0.331 e. The second-order valence-corrected chi connectivity index (χ2v) is 4.97. The minimum Gasteiger partial charge on any atom is -0.331 e. The Morgan fingerprint density at radius 3 is 2.83 bits per heavy atom. The van der Waals surface area contributed by atoms with E-state index in [-0.39, 0.29) is 0 Å². The van der Waals surface area contributed by atoms with E-state index in [4.69, 9.17) is 5.73 Å². The van der Waals surface area contributed by atoms with Crippen molar-refractivity contribution in [3.05, 3.63) is 36.2 Å². The number of hydrogen-bond donors (Lipinski definition) is 1. The lowest BCUT2D eigenvalue weighted by Gasteiger charge is -2.08. The van der Waals surface area contributed by atoms with Crippen molar-refractivity contribution in [2.75, 3.05) is 0 Å². The highest BCUT2D eigenvalue weighted by Crippen LogP contribution is 2.28. The Balaban J connectivity index is 1.69. The minimum atomic E-state index is 0.490. The van der Waals surface area contributed by atoms with Crippen LogP contribution >= 0.6 is 0 Å². The summed E-state index contributed by atoms with van der Waals surface area (Å²) in [7, 11) is 0. The fraction of sp³-hybridized carbons (Fsp3) is 0.538. The normalized spacial score (nSPS) is 16.5. The maximum absolute atomic E-state index is 5.55. The summed E-state index contributed by atoms with van der Waals surface area (Å²) in [6, 6.07) is 2.71. The molecule has 1 aliphatic carbocycles. The second kappa shape index (κ2) is 4.94. The molecule has 1 fully saturated rings. The molecule has 0 bridgehead atoms. The summed E-state index contributed by atoms with van der Waals surface area (Å²) in [5.74, 6) is 0. The number of nitrogens with two attached hydrogens (primary N) is 1. The average molecular weight is 245 g/mol. The summed E-state index contributed by atoms with van der Waals surface area (Å²) in [4.78, 5) is 4.22. The molecule has 96 valence electrons. The molecule has 2 aromatic heterocycles. The maximum atomic E-state index is 5.55. The molecule has 0 aliphatic heterocycles. The molecular formula is C13H19N5. The Morgan fingerprint density at radius 2 is 2.11 bits per heavy atom. The molecule has 5 nitrogen and oxygen atoms in total. The van der Waals surface area contributed by atoms with E-state index in [0.717, 1.165) is 17.9 Å². The summed E-state index contributed by atoms with van der Waals surface area (Å²) < 4.78 is 4.16. The Bertz CT molecular complexity index is 507. The molecule has 2 heterocycles. The van der Waals surface area contributed by atoms with Crippen molar-refractivity contribution in [2.24, 2.45) is 5.73 Å². The average Bonchev–Trinajstić information content (AvgIpc) is 3.10. The van der Waals surface area contributed by atoms with Crippen LogP contribution in [-0.2, 0) is 13.1 Å². The number of aromatic nitrogens is 4. The van der Waals surface area contributed by atoms with E-state index in [1.165, 1.54) is 25.7 Å². The molecule has 5 heteroatoms. The van der Waals surface area contributed by atoms with Crippen LogP contribution in [0.2, 0.25) is 0 Å². The third-order valence-corrected chi connectivity index (χ3v) is 3.60. The lowest BCUT2D eigenvalue weighted by atomic mass is 10.3. The van der Waals surface area contributed by atoms with Gasteiger partial charge in [-0.2, -0.15) is 5.10 Å². The van der Waals surface area contributed by atoms with Crippen LogP contribution < -0.4 is 5.73 Å². The molecule has 18 heavy (non-hydrogen) atoms. The Kier molecular flexibility index (Phi) is 3.15. The maximum Gasteiger partial charge on any atom is 0.0953 e. The van der Waals surface area contributed by atoms with Gasteiger partial charge in [0.05, 0.1) is 30.3 Å². The van der Waals surface area contributed by atoms with Gasteiger partial charge in [0.2, 0.25) is 0 Å². The molecule has 1 aliphatic rings. The molecule has 0 aromatic carbocycles. The molecule has 0 radical (unpaired) electrons. The van der Waals surface area contributed by atoms with Crippen LogP contribution in [0.4, 0.5) is 0 Å². The molecule has 0 atom stereocenters. The van der Waals surface area contributed by atoms with Gasteiger partial charge in [0.15, 0.2) is 0 Å². The molecular weight excluding hydrogens is 226 g/mol. The Morgan fingerprint density at radius 1 is 1.28 bits per heavy atom. The van der Waals surface area contributed by atoms with Gasteiger partial charge in [0.25, 0.3) is 0 Å². The van der Waals surface area contributed by atoms with Crippen molar-refractivity contribution in [3.63, 3.8) is 0 Å². The first-order valence-corrected chi connectivity index (χ1v) is 6.60. The fourth-order valence-corrected chi connectivity index (χ4v) is 2.62. The first-order valence-electron chi connectivity index (χ1n) is 6.60. The zero-order valence-corrected chi connectivity index (χ0v) is 10.5. The molecule has 0 unspecified atom stereocenters. The van der Waals surface area contributed by atoms with Gasteiger partial charge in [0, 0.05) is 18.9 Å². The van der Waals surface area contributed by atoms with Gasteiger partial charge < -0.3 is 10.3 Å². The van der Waals surface area contributed by atoms with Crippen LogP contribution in [0.3, 0.4) is 0 Å². The molecule has 1 saturated carbocycles. The van der Waals surface area contributed by atoms with Gasteiger partial charge in [-0.1, -0.05) is 12.8 Å². The van der Waals surface area contributed by atoms with Crippen molar-refractivity contribution in [2.45, 2.75) is 44.8 Å². The van der Waals surface area contributed by atoms with Crippen LogP contribution in [0.15, 0.2) is 24.8 Å². The topological polar surface area (TPSA) is 61.7 Å². The van der Waals surface area contributed by atoms with Crippen LogP contribution in [-0.4, -0.2) is 19.3 Å². The third kappa shape index (κ3) is 2.31. The van der Waals surface area contributed by atoms with Crippen LogP contribution in [0, 0.1) is 0 Å². The number of nitrogens with zero attached hydrogens (tertiary/aromatic N) is 4. The molecule has 0 saturated heterocycles. The van der Waals surface area contributed by atoms with E-state index in [1.807, 2.05) is 17.1 Å². The van der Waals surface area contributed by atoms with Gasteiger partial charge in [-0.25, -0.2) is 4.98 Å². The highest BCUT2D eigenvalue weighted by molar-refractivity contribution is 5.04. The standard InChI is InChI=1S/C13H19N5/c14-7-12-9-17(10-15-12)8-11-5-6-18(16-11)13-3-1-2-4-13/h5-6,9-10,13H,1-4,7-8,14H2. The van der Waals surface area contributed by atoms with E-state index in [2.05, 4.69) is 27.0 Å². The molecule has 2 aromatic rings. The first kappa shape index (κ1) is 11.5. The van der Waals surface area contributed by atoms with Crippen molar-refractivity contribution >= 4 is 0 Å². The van der Waals surface area contributed by atoms with Gasteiger partial charge in [-0.05, 0) is 18.9 Å². The summed E-state index contributed by atoms with van der Waals surface area (Å²) in [5, 5.41) is 4.66. The molecule has 0 amide bonds. The van der Waals surface area contributed by atoms with Gasteiger partial charge in [0.1, 0.15) is 0 Å². The van der Waals surface area contributed by atoms with E-state index in [1.54, 1.807) is 0 Å². The lowest BCUT2D eigenvalue weighted by Crippen LogP contribution is -2.06. The quantitative estimate of drug-likeness (QED) is 0.891. The van der Waals surface area contributed by atoms with E-state index < -0.39 is 0 Å². The summed E-state index contributed by atoms with van der Waals surface area (Å²) in [6.07, 6.45) is 11.1. The number of hydrogen-bond acceptors (Lipinski definition) is 3. The fourth-order valence-electron chi connectivity index (χ4n) is 2.62. The van der Waals surface area contributed by atoms with Gasteiger partial charge in [-0.15, -0.1) is 0 Å². The van der Waals surface area contributed by atoms with Crippen molar-refractivity contribution in [3.8, 4) is 0 Å². The second-order valence-electron chi connectivity index (χ2n) is 4.97. The first-order chi connectivity index (χ1) is 8.85. The van der Waals surface area contributed by atoms with Crippen molar-refractivity contribution in [1.29, 1.82) is 0 Å². The molecule has 2 N–H and O–H groups in total. The molecule has 3 rings (SSSR count).